The van der Waals surface area contributed by atoms with Crippen molar-refractivity contribution in [3.8, 4) is 0 Å². The molecule has 0 spiro atoms. The molecule has 2 rings (SSSR count). The molecule has 0 atom stereocenters. The van der Waals surface area contributed by atoms with E-state index in [2.05, 4.69) is 27.5 Å². The number of hydrogen-bond acceptors (Lipinski definition) is 3. The van der Waals surface area contributed by atoms with E-state index in [4.69, 9.17) is 0 Å². The zero-order chi connectivity index (χ0) is 19.0. The van der Waals surface area contributed by atoms with Crippen LogP contribution in [0.3, 0.4) is 0 Å². The van der Waals surface area contributed by atoms with Crippen molar-refractivity contribution in [1.82, 2.24) is 15.6 Å². The van der Waals surface area contributed by atoms with Gasteiger partial charge in [-0.2, -0.15) is 13.2 Å². The SMILES string of the molecule is CCNC(=NCc1ccc(C(F)(F)F)cc1)NCCc1ncc(CC)s1.I. The van der Waals surface area contributed by atoms with Gasteiger partial charge in [-0.1, -0.05) is 19.1 Å². The minimum Gasteiger partial charge on any atom is -0.357 e. The van der Waals surface area contributed by atoms with E-state index < -0.39 is 11.7 Å². The zero-order valence-corrected chi connectivity index (χ0v) is 18.4. The number of aliphatic imine (C=N–C) groups is 1. The molecule has 27 heavy (non-hydrogen) atoms. The lowest BCUT2D eigenvalue weighted by atomic mass is 10.1. The van der Waals surface area contributed by atoms with Crippen molar-refractivity contribution in [2.24, 2.45) is 4.99 Å². The van der Waals surface area contributed by atoms with E-state index >= 15 is 0 Å². The molecule has 1 aromatic carbocycles. The highest BCUT2D eigenvalue weighted by Crippen LogP contribution is 2.29. The van der Waals surface area contributed by atoms with Crippen LogP contribution in [0.1, 0.15) is 34.9 Å². The molecule has 0 amide bonds. The molecule has 1 heterocycles. The third-order valence-electron chi connectivity index (χ3n) is 3.63. The molecular weight excluding hydrogens is 488 g/mol. The van der Waals surface area contributed by atoms with E-state index in [1.165, 1.54) is 17.0 Å². The average Bonchev–Trinajstić information content (AvgIpc) is 3.07. The first-order valence-electron chi connectivity index (χ1n) is 8.54. The first-order valence-corrected chi connectivity index (χ1v) is 9.36. The molecule has 4 nitrogen and oxygen atoms in total. The van der Waals surface area contributed by atoms with Gasteiger partial charge >= 0.3 is 6.18 Å². The number of aromatic nitrogens is 1. The van der Waals surface area contributed by atoms with Crippen molar-refractivity contribution in [3.05, 3.63) is 51.5 Å². The van der Waals surface area contributed by atoms with E-state index in [9.17, 15) is 13.2 Å². The van der Waals surface area contributed by atoms with Crippen LogP contribution in [0.2, 0.25) is 0 Å². The molecular formula is C18H24F3IN4S. The fourth-order valence-electron chi connectivity index (χ4n) is 2.23. The number of guanidine groups is 1. The molecule has 0 saturated carbocycles. The Balaban J connectivity index is 0.00000364. The van der Waals surface area contributed by atoms with Gasteiger partial charge in [0.2, 0.25) is 0 Å². The third kappa shape index (κ3) is 8.04. The van der Waals surface area contributed by atoms with Crippen LogP contribution in [0.4, 0.5) is 13.2 Å². The summed E-state index contributed by atoms with van der Waals surface area (Å²) in [5.74, 6) is 0.639. The van der Waals surface area contributed by atoms with Gasteiger partial charge < -0.3 is 10.6 Å². The van der Waals surface area contributed by atoms with Gasteiger partial charge in [0, 0.05) is 30.6 Å². The van der Waals surface area contributed by atoms with Crippen LogP contribution in [-0.2, 0) is 25.6 Å². The Hall–Kier alpha value is -1.36. The fourth-order valence-corrected chi connectivity index (χ4v) is 3.09. The molecule has 0 radical (unpaired) electrons. The van der Waals surface area contributed by atoms with Gasteiger partial charge in [0.15, 0.2) is 5.96 Å². The van der Waals surface area contributed by atoms with Crippen LogP contribution in [0.15, 0.2) is 35.5 Å². The summed E-state index contributed by atoms with van der Waals surface area (Å²) < 4.78 is 37.8. The normalized spacial score (nSPS) is 11.8. The molecule has 2 aromatic rings. The van der Waals surface area contributed by atoms with Gasteiger partial charge in [-0.05, 0) is 31.0 Å². The van der Waals surface area contributed by atoms with Crippen molar-refractivity contribution in [2.75, 3.05) is 13.1 Å². The smallest absolute Gasteiger partial charge is 0.357 e. The lowest BCUT2D eigenvalue weighted by molar-refractivity contribution is -0.137. The first kappa shape index (κ1) is 23.7. The fraction of sp³-hybridized carbons (Fsp3) is 0.444. The summed E-state index contributed by atoms with van der Waals surface area (Å²) in [6.07, 6.45) is -0.618. The molecule has 0 bridgehead atoms. The van der Waals surface area contributed by atoms with Gasteiger partial charge in [-0.25, -0.2) is 9.98 Å². The Kier molecular flexibility index (Phi) is 10.1. The zero-order valence-electron chi connectivity index (χ0n) is 15.3. The summed E-state index contributed by atoms with van der Waals surface area (Å²) in [5, 5.41) is 7.44. The quantitative estimate of drug-likeness (QED) is 0.323. The average molecular weight is 512 g/mol. The van der Waals surface area contributed by atoms with Crippen LogP contribution in [0.5, 0.6) is 0 Å². The Bertz CT molecular complexity index is 714. The van der Waals surface area contributed by atoms with Crippen molar-refractivity contribution in [3.63, 3.8) is 0 Å². The number of alkyl halides is 3. The monoisotopic (exact) mass is 512 g/mol. The number of hydrogen-bond donors (Lipinski definition) is 2. The van der Waals surface area contributed by atoms with Crippen molar-refractivity contribution in [2.45, 2.75) is 39.4 Å². The molecule has 150 valence electrons. The summed E-state index contributed by atoms with van der Waals surface area (Å²) >= 11 is 1.71. The van der Waals surface area contributed by atoms with Crippen LogP contribution in [0, 0.1) is 0 Å². The number of thiazole rings is 1. The Labute approximate surface area is 178 Å². The van der Waals surface area contributed by atoms with E-state index in [0.29, 0.717) is 25.6 Å². The molecule has 0 unspecified atom stereocenters. The highest BCUT2D eigenvalue weighted by atomic mass is 127. The molecule has 0 saturated heterocycles. The molecule has 0 fully saturated rings. The second-order valence-corrected chi connectivity index (χ2v) is 6.84. The lowest BCUT2D eigenvalue weighted by Gasteiger charge is -2.11. The van der Waals surface area contributed by atoms with Crippen LogP contribution in [0.25, 0.3) is 0 Å². The van der Waals surface area contributed by atoms with Crippen LogP contribution >= 0.6 is 35.3 Å². The largest absolute Gasteiger partial charge is 0.416 e. The number of nitrogens with one attached hydrogen (secondary N) is 2. The summed E-state index contributed by atoms with van der Waals surface area (Å²) in [6, 6.07) is 5.08. The molecule has 1 aromatic heterocycles. The highest BCUT2D eigenvalue weighted by Gasteiger charge is 2.29. The van der Waals surface area contributed by atoms with Crippen molar-refractivity contribution < 1.29 is 13.2 Å². The van der Waals surface area contributed by atoms with Gasteiger partial charge in [-0.3, -0.25) is 0 Å². The standard InChI is InChI=1S/C18H23F3N4S.HI/c1-3-15-12-24-16(26-15)9-10-23-17(22-4-2)25-11-13-5-7-14(8-6-13)18(19,20)21;/h5-8,12H,3-4,9-11H2,1-2H3,(H2,22,23,25);1H. The third-order valence-corrected chi connectivity index (χ3v) is 4.83. The summed E-state index contributed by atoms with van der Waals surface area (Å²) in [7, 11) is 0. The van der Waals surface area contributed by atoms with E-state index in [1.807, 2.05) is 13.1 Å². The number of rotatable bonds is 7. The van der Waals surface area contributed by atoms with Crippen molar-refractivity contribution >= 4 is 41.3 Å². The second-order valence-electron chi connectivity index (χ2n) is 5.64. The predicted octanol–water partition coefficient (Wildman–Crippen LogP) is 4.64. The maximum absolute atomic E-state index is 12.6. The first-order chi connectivity index (χ1) is 12.4. The molecule has 9 heteroatoms. The maximum atomic E-state index is 12.6. The van der Waals surface area contributed by atoms with Crippen LogP contribution in [-0.4, -0.2) is 24.0 Å². The Morgan fingerprint density at radius 1 is 1.15 bits per heavy atom. The van der Waals surface area contributed by atoms with Gasteiger partial charge in [0.1, 0.15) is 0 Å². The second kappa shape index (κ2) is 11.5. The van der Waals surface area contributed by atoms with Gasteiger partial charge in [0.05, 0.1) is 17.1 Å². The van der Waals surface area contributed by atoms with E-state index in [-0.39, 0.29) is 24.0 Å². The number of benzene rings is 1. The molecule has 0 aliphatic heterocycles. The Morgan fingerprint density at radius 3 is 2.41 bits per heavy atom. The molecule has 2 N–H and O–H groups in total. The molecule has 0 aliphatic rings. The predicted molar refractivity (Wildman–Crippen MR) is 115 cm³/mol. The minimum absolute atomic E-state index is 0. The number of aryl methyl sites for hydroxylation is 1. The number of nitrogens with zero attached hydrogens (tertiary/aromatic N) is 2. The van der Waals surface area contributed by atoms with Gasteiger partial charge in [-0.15, -0.1) is 35.3 Å². The van der Waals surface area contributed by atoms with E-state index in [1.54, 1.807) is 11.3 Å². The number of halogens is 4. The van der Waals surface area contributed by atoms with Gasteiger partial charge in [0.25, 0.3) is 0 Å². The van der Waals surface area contributed by atoms with E-state index in [0.717, 1.165) is 35.5 Å². The summed E-state index contributed by atoms with van der Waals surface area (Å²) in [6.45, 7) is 5.77. The summed E-state index contributed by atoms with van der Waals surface area (Å²) in [4.78, 5) is 10.1. The Morgan fingerprint density at radius 2 is 1.85 bits per heavy atom. The van der Waals surface area contributed by atoms with Crippen LogP contribution < -0.4 is 10.6 Å². The lowest BCUT2D eigenvalue weighted by Crippen LogP contribution is -2.38. The topological polar surface area (TPSA) is 49.3 Å². The highest BCUT2D eigenvalue weighted by molar-refractivity contribution is 14.0. The minimum atomic E-state index is -4.31. The molecule has 0 aliphatic carbocycles. The maximum Gasteiger partial charge on any atom is 0.416 e. The van der Waals surface area contributed by atoms with Crippen molar-refractivity contribution in [1.29, 1.82) is 0 Å². The summed E-state index contributed by atoms with van der Waals surface area (Å²) in [5.41, 5.74) is 0.0767.